The molecule has 0 aliphatic rings. The van der Waals surface area contributed by atoms with Gasteiger partial charge in [-0.15, -0.1) is 0 Å². The first-order chi connectivity index (χ1) is 12.0. The first-order valence-electron chi connectivity index (χ1n) is 7.58. The van der Waals surface area contributed by atoms with Crippen molar-refractivity contribution in [2.75, 3.05) is 0 Å². The molecule has 0 unspecified atom stereocenters. The molecular formula is C18H15ClN2O4. The molecule has 0 radical (unpaired) electrons. The van der Waals surface area contributed by atoms with E-state index in [1.807, 2.05) is 12.1 Å². The molecule has 3 rings (SSSR count). The van der Waals surface area contributed by atoms with Crippen LogP contribution < -0.4 is 4.74 Å². The summed E-state index contributed by atoms with van der Waals surface area (Å²) in [5, 5.41) is 13.4. The predicted octanol–water partition coefficient (Wildman–Crippen LogP) is 4.16. The minimum atomic E-state index is -0.873. The van der Waals surface area contributed by atoms with Gasteiger partial charge < -0.3 is 14.4 Å². The Balaban J connectivity index is 1.68. The summed E-state index contributed by atoms with van der Waals surface area (Å²) in [5.41, 5.74) is 1.50. The highest BCUT2D eigenvalue weighted by Gasteiger charge is 2.17. The summed E-state index contributed by atoms with van der Waals surface area (Å²) in [5.74, 6) is 0.522. The summed E-state index contributed by atoms with van der Waals surface area (Å²) in [6, 6.07) is 14.0. The molecule has 0 bridgehead atoms. The number of carboxylic acid groups (broad SMARTS) is 1. The summed E-state index contributed by atoms with van der Waals surface area (Å²) >= 11 is 5.87. The zero-order valence-electron chi connectivity index (χ0n) is 13.3. The fourth-order valence-electron chi connectivity index (χ4n) is 2.23. The van der Waals surface area contributed by atoms with Crippen molar-refractivity contribution >= 4 is 17.6 Å². The monoisotopic (exact) mass is 358 g/mol. The molecule has 1 atom stereocenters. The molecule has 7 heteroatoms. The van der Waals surface area contributed by atoms with Gasteiger partial charge in [-0.25, -0.2) is 0 Å². The van der Waals surface area contributed by atoms with E-state index >= 15 is 0 Å². The Bertz CT molecular complexity index is 860. The summed E-state index contributed by atoms with van der Waals surface area (Å²) in [7, 11) is 0. The molecular weight excluding hydrogens is 344 g/mol. The van der Waals surface area contributed by atoms with Crippen molar-refractivity contribution in [3.05, 3.63) is 65.0 Å². The zero-order chi connectivity index (χ0) is 17.8. The van der Waals surface area contributed by atoms with Gasteiger partial charge in [0.15, 0.2) is 6.10 Å². The molecule has 3 aromatic rings. The van der Waals surface area contributed by atoms with Crippen LogP contribution in [0.25, 0.3) is 11.4 Å². The number of carboxylic acids is 1. The third-order valence-electron chi connectivity index (χ3n) is 3.48. The topological polar surface area (TPSA) is 85.5 Å². The van der Waals surface area contributed by atoms with Gasteiger partial charge in [0, 0.05) is 10.6 Å². The number of halogens is 1. The molecule has 2 aromatic carbocycles. The Kier molecular flexibility index (Phi) is 5.00. The van der Waals surface area contributed by atoms with Crippen molar-refractivity contribution in [2.45, 2.75) is 19.4 Å². The maximum Gasteiger partial charge on any atom is 0.307 e. The Hall–Kier alpha value is -2.86. The highest BCUT2D eigenvalue weighted by Crippen LogP contribution is 2.24. The van der Waals surface area contributed by atoms with Crippen molar-refractivity contribution in [2.24, 2.45) is 0 Å². The molecule has 1 heterocycles. The van der Waals surface area contributed by atoms with Crippen molar-refractivity contribution in [3.63, 3.8) is 0 Å². The third-order valence-corrected chi connectivity index (χ3v) is 3.74. The van der Waals surface area contributed by atoms with Crippen LogP contribution in [0, 0.1) is 0 Å². The molecule has 0 aliphatic heterocycles. The fourth-order valence-corrected chi connectivity index (χ4v) is 2.36. The Morgan fingerprint density at radius 3 is 2.52 bits per heavy atom. The van der Waals surface area contributed by atoms with E-state index in [0.717, 1.165) is 5.56 Å². The van der Waals surface area contributed by atoms with Gasteiger partial charge in [0.05, 0.1) is 6.42 Å². The molecule has 0 amide bonds. The lowest BCUT2D eigenvalue weighted by Gasteiger charge is -2.10. The van der Waals surface area contributed by atoms with Crippen molar-refractivity contribution in [1.82, 2.24) is 10.1 Å². The van der Waals surface area contributed by atoms with E-state index in [1.165, 1.54) is 0 Å². The molecule has 0 fully saturated rings. The number of benzene rings is 2. The van der Waals surface area contributed by atoms with Gasteiger partial charge in [-0.3, -0.25) is 4.79 Å². The maximum absolute atomic E-state index is 10.7. The van der Waals surface area contributed by atoms with E-state index < -0.39 is 12.1 Å². The van der Waals surface area contributed by atoms with Gasteiger partial charge in [0.2, 0.25) is 5.82 Å². The number of carbonyl (C=O) groups is 1. The Morgan fingerprint density at radius 1 is 1.20 bits per heavy atom. The van der Waals surface area contributed by atoms with Crippen LogP contribution in [-0.2, 0) is 11.2 Å². The predicted molar refractivity (Wildman–Crippen MR) is 91.6 cm³/mol. The number of aromatic nitrogens is 2. The molecule has 0 spiro atoms. The normalized spacial score (nSPS) is 11.9. The van der Waals surface area contributed by atoms with Crippen LogP contribution in [0.1, 0.15) is 24.5 Å². The number of nitrogens with zero attached hydrogens (tertiary/aromatic N) is 2. The van der Waals surface area contributed by atoms with Gasteiger partial charge in [0.25, 0.3) is 5.89 Å². The molecule has 1 N–H and O–H groups in total. The quantitative estimate of drug-likeness (QED) is 0.712. The second-order valence-electron chi connectivity index (χ2n) is 5.44. The van der Waals surface area contributed by atoms with Crippen LogP contribution in [0.4, 0.5) is 0 Å². The molecule has 128 valence electrons. The minimum Gasteiger partial charge on any atom is -0.481 e. The van der Waals surface area contributed by atoms with Crippen molar-refractivity contribution in [1.29, 1.82) is 0 Å². The molecule has 0 saturated carbocycles. The van der Waals surface area contributed by atoms with E-state index in [2.05, 4.69) is 10.1 Å². The molecule has 0 aliphatic carbocycles. The van der Waals surface area contributed by atoms with E-state index in [9.17, 15) is 4.79 Å². The van der Waals surface area contributed by atoms with E-state index in [0.29, 0.717) is 28.1 Å². The fraction of sp³-hybridized carbons (Fsp3) is 0.167. The van der Waals surface area contributed by atoms with E-state index in [1.54, 1.807) is 43.3 Å². The van der Waals surface area contributed by atoms with Gasteiger partial charge in [-0.1, -0.05) is 28.9 Å². The van der Waals surface area contributed by atoms with E-state index in [4.69, 9.17) is 26.0 Å². The Labute approximate surface area is 149 Å². The maximum atomic E-state index is 10.7. The highest BCUT2D eigenvalue weighted by molar-refractivity contribution is 6.30. The smallest absolute Gasteiger partial charge is 0.307 e. The standard InChI is InChI=1S/C18H15ClN2O4/c1-11(24-15-8-2-12(3-9-15)10-16(22)23)18-20-17(21-25-18)13-4-6-14(19)7-5-13/h2-9,11H,10H2,1H3,(H,22,23)/t11-/m0/s1. The van der Waals surface area contributed by atoms with Crippen LogP contribution in [0.5, 0.6) is 5.75 Å². The van der Waals surface area contributed by atoms with Gasteiger partial charge in [0.1, 0.15) is 5.75 Å². The van der Waals surface area contributed by atoms with E-state index in [-0.39, 0.29) is 6.42 Å². The summed E-state index contributed by atoms with van der Waals surface area (Å²) in [6.07, 6.45) is -0.469. The molecule has 6 nitrogen and oxygen atoms in total. The number of aliphatic carboxylic acids is 1. The van der Waals surface area contributed by atoms with Crippen LogP contribution in [0.2, 0.25) is 5.02 Å². The number of hydrogen-bond donors (Lipinski definition) is 1. The SMILES string of the molecule is C[C@H](Oc1ccc(CC(=O)O)cc1)c1nc(-c2ccc(Cl)cc2)no1. The van der Waals surface area contributed by atoms with Gasteiger partial charge in [-0.2, -0.15) is 4.98 Å². The summed E-state index contributed by atoms with van der Waals surface area (Å²) in [6.45, 7) is 1.80. The van der Waals surface area contributed by atoms with Crippen LogP contribution in [-0.4, -0.2) is 21.2 Å². The number of ether oxygens (including phenoxy) is 1. The molecule has 1 aromatic heterocycles. The average Bonchev–Trinajstić information content (AvgIpc) is 3.07. The van der Waals surface area contributed by atoms with Crippen LogP contribution >= 0.6 is 11.6 Å². The Morgan fingerprint density at radius 2 is 1.88 bits per heavy atom. The molecule has 0 saturated heterocycles. The second kappa shape index (κ2) is 7.36. The lowest BCUT2D eigenvalue weighted by molar-refractivity contribution is -0.136. The van der Waals surface area contributed by atoms with Gasteiger partial charge in [-0.05, 0) is 48.9 Å². The highest BCUT2D eigenvalue weighted by atomic mass is 35.5. The second-order valence-corrected chi connectivity index (χ2v) is 5.87. The average molecular weight is 359 g/mol. The lowest BCUT2D eigenvalue weighted by Crippen LogP contribution is -2.04. The molecule has 25 heavy (non-hydrogen) atoms. The third kappa shape index (κ3) is 4.36. The van der Waals surface area contributed by atoms with Crippen LogP contribution in [0.3, 0.4) is 0 Å². The zero-order valence-corrected chi connectivity index (χ0v) is 14.1. The first kappa shape index (κ1) is 17.0. The summed E-state index contributed by atoms with van der Waals surface area (Å²) < 4.78 is 11.0. The lowest BCUT2D eigenvalue weighted by atomic mass is 10.1. The summed E-state index contributed by atoms with van der Waals surface area (Å²) in [4.78, 5) is 15.0. The number of hydrogen-bond acceptors (Lipinski definition) is 5. The number of rotatable bonds is 6. The van der Waals surface area contributed by atoms with Crippen LogP contribution in [0.15, 0.2) is 53.1 Å². The van der Waals surface area contributed by atoms with Gasteiger partial charge >= 0.3 is 5.97 Å². The first-order valence-corrected chi connectivity index (χ1v) is 7.96. The minimum absolute atomic E-state index is 0.0239. The largest absolute Gasteiger partial charge is 0.481 e. The van der Waals surface area contributed by atoms with Crippen molar-refractivity contribution in [3.8, 4) is 17.1 Å². The van der Waals surface area contributed by atoms with Crippen molar-refractivity contribution < 1.29 is 19.2 Å².